The molecule has 2 rings (SSSR count). The Balaban J connectivity index is 2.25. The Morgan fingerprint density at radius 3 is 2.67 bits per heavy atom. The number of rotatable bonds is 0. The van der Waals surface area contributed by atoms with Crippen molar-refractivity contribution >= 4 is 0 Å². The van der Waals surface area contributed by atoms with Crippen LogP contribution >= 0.6 is 0 Å². The molecule has 15 heavy (non-hydrogen) atoms. The van der Waals surface area contributed by atoms with Crippen molar-refractivity contribution in [3.63, 3.8) is 0 Å². The van der Waals surface area contributed by atoms with E-state index < -0.39 is 0 Å². The first-order valence-electron chi connectivity index (χ1n) is 6.30. The summed E-state index contributed by atoms with van der Waals surface area (Å²) < 4.78 is 0. The van der Waals surface area contributed by atoms with Gasteiger partial charge in [0.1, 0.15) is 0 Å². The van der Waals surface area contributed by atoms with E-state index in [0.29, 0.717) is 10.8 Å². The molecule has 0 aromatic carbocycles. The van der Waals surface area contributed by atoms with Crippen LogP contribution in [0.3, 0.4) is 0 Å². The first kappa shape index (κ1) is 11.0. The SMILES string of the molecule is C/C1=C/CC[C@]2(C)C=CC(C)(C)[C@H]2CC1. The molecule has 0 saturated heterocycles. The standard InChI is InChI=1S/C15H24/c1-12-6-5-9-15(4)11-10-14(2,3)13(15)8-7-12/h6,10-11,13H,5,7-9H2,1-4H3/b12-6-/t13-,15-/m1/s1. The van der Waals surface area contributed by atoms with Crippen molar-refractivity contribution in [3.05, 3.63) is 23.8 Å². The number of fused-ring (bicyclic) bond motifs is 1. The molecule has 0 bridgehead atoms. The second-order valence-corrected chi connectivity index (χ2v) is 6.34. The molecule has 0 aliphatic heterocycles. The molecular formula is C15H24. The summed E-state index contributed by atoms with van der Waals surface area (Å²) in [5.74, 6) is 0.841. The first-order chi connectivity index (χ1) is 6.94. The molecule has 0 amide bonds. The zero-order chi connectivity index (χ0) is 11.1. The normalized spacial score (nSPS) is 42.7. The van der Waals surface area contributed by atoms with Crippen LogP contribution in [0, 0.1) is 16.7 Å². The zero-order valence-corrected chi connectivity index (χ0v) is 10.6. The molecule has 0 heteroatoms. The Morgan fingerprint density at radius 1 is 1.20 bits per heavy atom. The molecule has 2 aliphatic carbocycles. The van der Waals surface area contributed by atoms with Gasteiger partial charge in [0.25, 0.3) is 0 Å². The molecule has 0 fully saturated rings. The Kier molecular flexibility index (Phi) is 2.56. The van der Waals surface area contributed by atoms with Crippen LogP contribution in [0.25, 0.3) is 0 Å². The summed E-state index contributed by atoms with van der Waals surface area (Å²) in [7, 11) is 0. The second kappa shape index (κ2) is 3.50. The van der Waals surface area contributed by atoms with Crippen molar-refractivity contribution < 1.29 is 0 Å². The molecule has 0 nitrogen and oxygen atoms in total. The lowest BCUT2D eigenvalue weighted by Crippen LogP contribution is -2.31. The van der Waals surface area contributed by atoms with Crippen LogP contribution in [-0.4, -0.2) is 0 Å². The van der Waals surface area contributed by atoms with Crippen molar-refractivity contribution in [2.45, 2.75) is 53.4 Å². The zero-order valence-electron chi connectivity index (χ0n) is 10.6. The van der Waals surface area contributed by atoms with E-state index in [1.165, 1.54) is 25.7 Å². The average molecular weight is 204 g/mol. The van der Waals surface area contributed by atoms with Crippen molar-refractivity contribution in [2.24, 2.45) is 16.7 Å². The number of allylic oxidation sites excluding steroid dienone is 4. The fourth-order valence-electron chi connectivity index (χ4n) is 3.55. The topological polar surface area (TPSA) is 0 Å². The van der Waals surface area contributed by atoms with Gasteiger partial charge in [-0.05, 0) is 49.4 Å². The molecule has 2 aliphatic rings. The average Bonchev–Trinajstić information content (AvgIpc) is 2.33. The highest BCUT2D eigenvalue weighted by Gasteiger charge is 2.44. The third-order valence-electron chi connectivity index (χ3n) is 4.59. The van der Waals surface area contributed by atoms with Gasteiger partial charge in [0.15, 0.2) is 0 Å². The predicted molar refractivity (Wildman–Crippen MR) is 66.7 cm³/mol. The molecule has 0 unspecified atom stereocenters. The van der Waals surface area contributed by atoms with Crippen LogP contribution in [0.1, 0.15) is 53.4 Å². The Morgan fingerprint density at radius 2 is 1.93 bits per heavy atom. The van der Waals surface area contributed by atoms with Gasteiger partial charge in [-0.3, -0.25) is 0 Å². The van der Waals surface area contributed by atoms with E-state index in [1.807, 2.05) is 0 Å². The molecule has 0 radical (unpaired) electrons. The van der Waals surface area contributed by atoms with E-state index >= 15 is 0 Å². The molecule has 0 aromatic rings. The number of hydrogen-bond acceptors (Lipinski definition) is 0. The van der Waals surface area contributed by atoms with Gasteiger partial charge < -0.3 is 0 Å². The molecule has 0 aromatic heterocycles. The van der Waals surface area contributed by atoms with Crippen LogP contribution < -0.4 is 0 Å². The first-order valence-corrected chi connectivity index (χ1v) is 6.30. The van der Waals surface area contributed by atoms with E-state index in [1.54, 1.807) is 5.57 Å². The lowest BCUT2D eigenvalue weighted by atomic mass is 9.65. The van der Waals surface area contributed by atoms with Crippen LogP contribution in [0.15, 0.2) is 23.8 Å². The van der Waals surface area contributed by atoms with Crippen LogP contribution in [-0.2, 0) is 0 Å². The second-order valence-electron chi connectivity index (χ2n) is 6.34. The molecule has 0 spiro atoms. The number of hydrogen-bond donors (Lipinski definition) is 0. The molecule has 2 atom stereocenters. The van der Waals surface area contributed by atoms with E-state index in [0.717, 1.165) is 5.92 Å². The van der Waals surface area contributed by atoms with Gasteiger partial charge >= 0.3 is 0 Å². The largest absolute Gasteiger partial charge is 0.0856 e. The highest BCUT2D eigenvalue weighted by molar-refractivity contribution is 5.19. The lowest BCUT2D eigenvalue weighted by molar-refractivity contribution is 0.141. The van der Waals surface area contributed by atoms with E-state index in [-0.39, 0.29) is 0 Å². The van der Waals surface area contributed by atoms with E-state index in [9.17, 15) is 0 Å². The minimum Gasteiger partial charge on any atom is -0.0856 e. The third kappa shape index (κ3) is 1.91. The van der Waals surface area contributed by atoms with Gasteiger partial charge in [-0.1, -0.05) is 44.6 Å². The maximum absolute atomic E-state index is 2.49. The lowest BCUT2D eigenvalue weighted by Gasteiger charge is -2.39. The van der Waals surface area contributed by atoms with Gasteiger partial charge in [-0.2, -0.15) is 0 Å². The van der Waals surface area contributed by atoms with Crippen molar-refractivity contribution in [1.29, 1.82) is 0 Å². The van der Waals surface area contributed by atoms with Crippen molar-refractivity contribution in [3.8, 4) is 0 Å². The van der Waals surface area contributed by atoms with Gasteiger partial charge in [-0.25, -0.2) is 0 Å². The third-order valence-corrected chi connectivity index (χ3v) is 4.59. The Labute approximate surface area is 94.5 Å². The highest BCUT2D eigenvalue weighted by atomic mass is 14.5. The van der Waals surface area contributed by atoms with E-state index in [4.69, 9.17) is 0 Å². The smallest absolute Gasteiger partial charge is 0.0107 e. The molecular weight excluding hydrogens is 180 g/mol. The molecule has 84 valence electrons. The quantitative estimate of drug-likeness (QED) is 0.501. The van der Waals surface area contributed by atoms with Gasteiger partial charge in [0.05, 0.1) is 0 Å². The minimum atomic E-state index is 0.409. The van der Waals surface area contributed by atoms with Crippen LogP contribution in [0.5, 0.6) is 0 Å². The Bertz CT molecular complexity index is 306. The van der Waals surface area contributed by atoms with Crippen LogP contribution in [0.4, 0.5) is 0 Å². The molecule has 0 saturated carbocycles. The van der Waals surface area contributed by atoms with Gasteiger partial charge in [0, 0.05) is 0 Å². The molecule has 0 heterocycles. The summed E-state index contributed by atoms with van der Waals surface area (Å²) in [5.41, 5.74) is 2.47. The maximum atomic E-state index is 2.49. The summed E-state index contributed by atoms with van der Waals surface area (Å²) in [6.07, 6.45) is 12.6. The van der Waals surface area contributed by atoms with Crippen molar-refractivity contribution in [2.75, 3.05) is 0 Å². The summed E-state index contributed by atoms with van der Waals surface area (Å²) in [6, 6.07) is 0. The van der Waals surface area contributed by atoms with Crippen molar-refractivity contribution in [1.82, 2.24) is 0 Å². The maximum Gasteiger partial charge on any atom is -0.0107 e. The Hall–Kier alpha value is -0.520. The summed E-state index contributed by atoms with van der Waals surface area (Å²) in [5, 5.41) is 0. The molecule has 0 N–H and O–H groups in total. The van der Waals surface area contributed by atoms with E-state index in [2.05, 4.69) is 45.9 Å². The summed E-state index contributed by atoms with van der Waals surface area (Å²) >= 11 is 0. The monoisotopic (exact) mass is 204 g/mol. The highest BCUT2D eigenvalue weighted by Crippen LogP contribution is 2.54. The van der Waals surface area contributed by atoms with Gasteiger partial charge in [0.2, 0.25) is 0 Å². The van der Waals surface area contributed by atoms with Gasteiger partial charge in [-0.15, -0.1) is 0 Å². The fourth-order valence-corrected chi connectivity index (χ4v) is 3.55. The summed E-state index contributed by atoms with van der Waals surface area (Å²) in [4.78, 5) is 0. The predicted octanol–water partition coefficient (Wildman–Crippen LogP) is 4.73. The minimum absolute atomic E-state index is 0.409. The summed E-state index contributed by atoms with van der Waals surface area (Å²) in [6.45, 7) is 9.55. The van der Waals surface area contributed by atoms with Crippen LogP contribution in [0.2, 0.25) is 0 Å². The fraction of sp³-hybridized carbons (Fsp3) is 0.733.